The Morgan fingerprint density at radius 1 is 1.53 bits per heavy atom. The van der Waals surface area contributed by atoms with Gasteiger partial charge in [0.15, 0.2) is 5.69 Å². The van der Waals surface area contributed by atoms with Gasteiger partial charge in [0.2, 0.25) is 0 Å². The quantitative estimate of drug-likeness (QED) is 0.786. The molecule has 6 heteroatoms. The molecule has 0 aliphatic carbocycles. The van der Waals surface area contributed by atoms with Crippen molar-refractivity contribution >= 4 is 17.5 Å². The third-order valence-electron chi connectivity index (χ3n) is 3.98. The predicted molar refractivity (Wildman–Crippen MR) is 70.2 cm³/mol. The van der Waals surface area contributed by atoms with Crippen molar-refractivity contribution in [1.29, 1.82) is 0 Å². The summed E-state index contributed by atoms with van der Waals surface area (Å²) in [5, 5.41) is 0.319. The first-order valence-electron chi connectivity index (χ1n) is 6.46. The zero-order chi connectivity index (χ0) is 13.5. The summed E-state index contributed by atoms with van der Waals surface area (Å²) in [5.74, 6) is 0.463. The minimum absolute atomic E-state index is 0.0979. The van der Waals surface area contributed by atoms with E-state index >= 15 is 0 Å². The molecule has 0 aromatic carbocycles. The van der Waals surface area contributed by atoms with Crippen LogP contribution in [0, 0.1) is 12.3 Å². The van der Waals surface area contributed by atoms with Gasteiger partial charge in [-0.2, -0.15) is 0 Å². The number of likely N-dealkylation sites (tertiary alicyclic amines) is 1. The zero-order valence-electron chi connectivity index (χ0n) is 10.9. The van der Waals surface area contributed by atoms with E-state index < -0.39 is 0 Å². The maximum Gasteiger partial charge on any atom is 0.274 e. The number of carbonyl (C=O) groups is 1. The lowest BCUT2D eigenvalue weighted by atomic mass is 9.87. The van der Waals surface area contributed by atoms with E-state index in [1.807, 2.05) is 4.90 Å². The average Bonchev–Trinajstić information content (AvgIpc) is 3.03. The molecule has 1 aromatic heterocycles. The van der Waals surface area contributed by atoms with Gasteiger partial charge < -0.3 is 9.64 Å². The molecule has 3 rings (SSSR count). The van der Waals surface area contributed by atoms with Crippen molar-refractivity contribution in [3.63, 3.8) is 0 Å². The van der Waals surface area contributed by atoms with Gasteiger partial charge >= 0.3 is 0 Å². The van der Waals surface area contributed by atoms with Gasteiger partial charge in [0, 0.05) is 25.1 Å². The van der Waals surface area contributed by atoms with Crippen LogP contribution in [0.1, 0.15) is 29.2 Å². The highest BCUT2D eigenvalue weighted by Gasteiger charge is 2.43. The third kappa shape index (κ3) is 2.32. The van der Waals surface area contributed by atoms with E-state index in [9.17, 15) is 4.79 Å². The lowest BCUT2D eigenvalue weighted by molar-refractivity contribution is 0.0759. The molecule has 19 heavy (non-hydrogen) atoms. The monoisotopic (exact) mass is 281 g/mol. The number of halogens is 1. The number of aryl methyl sites for hydroxylation is 1. The third-order valence-corrected chi connectivity index (χ3v) is 4.25. The predicted octanol–water partition coefficient (Wildman–Crippen LogP) is 1.69. The first-order valence-corrected chi connectivity index (χ1v) is 6.84. The molecule has 1 spiro atoms. The van der Waals surface area contributed by atoms with Crippen molar-refractivity contribution in [3.8, 4) is 0 Å². The average molecular weight is 282 g/mol. The Morgan fingerprint density at radius 3 is 3.11 bits per heavy atom. The van der Waals surface area contributed by atoms with Gasteiger partial charge in [0.25, 0.3) is 5.91 Å². The van der Waals surface area contributed by atoms with Crippen molar-refractivity contribution < 1.29 is 9.53 Å². The van der Waals surface area contributed by atoms with Crippen LogP contribution in [0.15, 0.2) is 6.20 Å². The second-order valence-electron chi connectivity index (χ2n) is 5.39. The van der Waals surface area contributed by atoms with Gasteiger partial charge in [-0.3, -0.25) is 4.79 Å². The highest BCUT2D eigenvalue weighted by atomic mass is 35.5. The Morgan fingerprint density at radius 2 is 2.37 bits per heavy atom. The second kappa shape index (κ2) is 4.72. The molecule has 1 aromatic rings. The fourth-order valence-electron chi connectivity index (χ4n) is 2.83. The Balaban J connectivity index is 1.79. The molecule has 2 fully saturated rings. The molecular weight excluding hydrogens is 266 g/mol. The van der Waals surface area contributed by atoms with Gasteiger partial charge in [-0.1, -0.05) is 11.6 Å². The number of amides is 1. The first kappa shape index (κ1) is 12.8. The number of hydrogen-bond donors (Lipinski definition) is 0. The zero-order valence-corrected chi connectivity index (χ0v) is 11.6. The normalized spacial score (nSPS) is 26.3. The van der Waals surface area contributed by atoms with Crippen LogP contribution in [0.4, 0.5) is 0 Å². The van der Waals surface area contributed by atoms with Crippen LogP contribution in [0.2, 0.25) is 5.02 Å². The van der Waals surface area contributed by atoms with Gasteiger partial charge in [-0.25, -0.2) is 9.97 Å². The topological polar surface area (TPSA) is 55.3 Å². The van der Waals surface area contributed by atoms with E-state index in [0.717, 1.165) is 39.1 Å². The summed E-state index contributed by atoms with van der Waals surface area (Å²) in [6.45, 7) is 4.80. The van der Waals surface area contributed by atoms with Crippen molar-refractivity contribution in [2.75, 3.05) is 26.3 Å². The SMILES string of the molecule is Cc1ncc(Cl)c(C(=O)N2CC[C@]3(CCOC3)C2)n1. The summed E-state index contributed by atoms with van der Waals surface area (Å²) < 4.78 is 5.47. The lowest BCUT2D eigenvalue weighted by Gasteiger charge is -2.22. The van der Waals surface area contributed by atoms with Gasteiger partial charge in [0.1, 0.15) is 5.82 Å². The van der Waals surface area contributed by atoms with E-state index in [0.29, 0.717) is 16.5 Å². The summed E-state index contributed by atoms with van der Waals surface area (Å²) in [4.78, 5) is 22.5. The molecule has 2 aliphatic rings. The van der Waals surface area contributed by atoms with E-state index in [2.05, 4.69) is 9.97 Å². The van der Waals surface area contributed by atoms with Crippen LogP contribution in [-0.2, 0) is 4.74 Å². The largest absolute Gasteiger partial charge is 0.381 e. The summed E-state index contributed by atoms with van der Waals surface area (Å²) in [5.41, 5.74) is 0.467. The smallest absolute Gasteiger partial charge is 0.274 e. The summed E-state index contributed by atoms with van der Waals surface area (Å²) in [6.07, 6.45) is 3.52. The Kier molecular flexibility index (Phi) is 3.19. The highest BCUT2D eigenvalue weighted by molar-refractivity contribution is 6.33. The summed E-state index contributed by atoms with van der Waals surface area (Å²) in [6, 6.07) is 0. The molecule has 102 valence electrons. The van der Waals surface area contributed by atoms with Crippen molar-refractivity contribution in [1.82, 2.24) is 14.9 Å². The molecule has 2 saturated heterocycles. The van der Waals surface area contributed by atoms with Gasteiger partial charge in [-0.15, -0.1) is 0 Å². The van der Waals surface area contributed by atoms with Crippen LogP contribution in [0.3, 0.4) is 0 Å². The lowest BCUT2D eigenvalue weighted by Crippen LogP contribution is -2.33. The molecule has 5 nitrogen and oxygen atoms in total. The fraction of sp³-hybridized carbons (Fsp3) is 0.615. The molecule has 0 bridgehead atoms. The van der Waals surface area contributed by atoms with Crippen LogP contribution < -0.4 is 0 Å². The minimum atomic E-state index is -0.0979. The summed E-state index contributed by atoms with van der Waals surface area (Å²) >= 11 is 6.02. The number of carbonyl (C=O) groups excluding carboxylic acids is 1. The Labute approximate surface area is 116 Å². The van der Waals surface area contributed by atoms with Gasteiger partial charge in [-0.05, 0) is 19.8 Å². The molecule has 0 N–H and O–H groups in total. The molecule has 0 radical (unpaired) electrons. The maximum absolute atomic E-state index is 12.5. The molecule has 3 heterocycles. The van der Waals surface area contributed by atoms with Gasteiger partial charge in [0.05, 0.1) is 17.8 Å². The molecule has 0 saturated carbocycles. The van der Waals surface area contributed by atoms with E-state index in [1.165, 1.54) is 6.20 Å². The molecule has 0 unspecified atom stereocenters. The van der Waals surface area contributed by atoms with Crippen molar-refractivity contribution in [2.24, 2.45) is 5.41 Å². The molecular formula is C13H16ClN3O2. The number of aromatic nitrogens is 2. The number of hydrogen-bond acceptors (Lipinski definition) is 4. The van der Waals surface area contributed by atoms with Crippen molar-refractivity contribution in [3.05, 3.63) is 22.7 Å². The van der Waals surface area contributed by atoms with Crippen LogP contribution >= 0.6 is 11.6 Å². The Bertz CT molecular complexity index is 515. The van der Waals surface area contributed by atoms with E-state index in [4.69, 9.17) is 16.3 Å². The Hall–Kier alpha value is -1.20. The minimum Gasteiger partial charge on any atom is -0.381 e. The van der Waals surface area contributed by atoms with E-state index in [1.54, 1.807) is 6.92 Å². The van der Waals surface area contributed by atoms with Crippen molar-refractivity contribution in [2.45, 2.75) is 19.8 Å². The number of rotatable bonds is 1. The maximum atomic E-state index is 12.5. The summed E-state index contributed by atoms with van der Waals surface area (Å²) in [7, 11) is 0. The number of nitrogens with zero attached hydrogens (tertiary/aromatic N) is 3. The first-order chi connectivity index (χ1) is 9.10. The number of ether oxygens (including phenoxy) is 1. The molecule has 1 amide bonds. The van der Waals surface area contributed by atoms with Crippen LogP contribution in [0.25, 0.3) is 0 Å². The van der Waals surface area contributed by atoms with Crippen LogP contribution in [-0.4, -0.2) is 47.1 Å². The molecule has 2 aliphatic heterocycles. The standard InChI is InChI=1S/C13H16ClN3O2/c1-9-15-6-10(14)11(16-9)12(18)17-4-2-13(7-17)3-5-19-8-13/h6H,2-5,7-8H2,1H3/t13-/m0/s1. The van der Waals surface area contributed by atoms with Crippen LogP contribution in [0.5, 0.6) is 0 Å². The fourth-order valence-corrected chi connectivity index (χ4v) is 3.01. The highest BCUT2D eigenvalue weighted by Crippen LogP contribution is 2.38. The molecule has 1 atom stereocenters. The van der Waals surface area contributed by atoms with E-state index in [-0.39, 0.29) is 11.3 Å². The second-order valence-corrected chi connectivity index (χ2v) is 5.80.